The van der Waals surface area contributed by atoms with Gasteiger partial charge in [-0.15, -0.1) is 0 Å². The zero-order valence-corrected chi connectivity index (χ0v) is 8.71. The van der Waals surface area contributed by atoms with Gasteiger partial charge in [0.2, 0.25) is 0 Å². The van der Waals surface area contributed by atoms with Gasteiger partial charge in [-0.05, 0) is 5.56 Å². The highest BCUT2D eigenvalue weighted by molar-refractivity contribution is 5.75. The van der Waals surface area contributed by atoms with Gasteiger partial charge in [0.25, 0.3) is 0 Å². The fraction of sp³-hybridized carbons (Fsp3) is 0.364. The van der Waals surface area contributed by atoms with Crippen LogP contribution in [0.2, 0.25) is 0 Å². The predicted octanol–water partition coefficient (Wildman–Crippen LogP) is 0.908. The van der Waals surface area contributed by atoms with Crippen LogP contribution in [0, 0.1) is 0 Å². The molecule has 4 nitrogen and oxygen atoms in total. The highest BCUT2D eigenvalue weighted by Gasteiger charge is 2.27. The number of esters is 1. The molecular formula is C11H14O4. The monoisotopic (exact) mass is 210 g/mol. The second-order valence-corrected chi connectivity index (χ2v) is 3.03. The van der Waals surface area contributed by atoms with Gasteiger partial charge in [-0.2, -0.15) is 0 Å². The summed E-state index contributed by atoms with van der Waals surface area (Å²) in [6.07, 6.45) is -2.00. The maximum atomic E-state index is 11.1. The lowest BCUT2D eigenvalue weighted by molar-refractivity contribution is -0.158. The van der Waals surface area contributed by atoms with Crippen molar-refractivity contribution in [3.8, 4) is 0 Å². The first-order valence-corrected chi connectivity index (χ1v) is 4.54. The Labute approximate surface area is 88.4 Å². The first-order chi connectivity index (χ1) is 7.20. The average molecular weight is 210 g/mol. The van der Waals surface area contributed by atoms with Crippen LogP contribution in [-0.2, 0) is 14.3 Å². The van der Waals surface area contributed by atoms with Crippen molar-refractivity contribution in [3.05, 3.63) is 35.9 Å². The first kappa shape index (κ1) is 11.7. The summed E-state index contributed by atoms with van der Waals surface area (Å²) in [5, 5.41) is 9.63. The lowest BCUT2D eigenvalue weighted by Gasteiger charge is -2.19. The molecule has 1 aromatic rings. The van der Waals surface area contributed by atoms with Gasteiger partial charge in [-0.25, -0.2) is 4.79 Å². The van der Waals surface area contributed by atoms with Crippen molar-refractivity contribution in [2.45, 2.75) is 12.2 Å². The SMILES string of the molecule is COC(=O)C(O)C(OC)c1ccccc1. The van der Waals surface area contributed by atoms with Gasteiger partial charge in [0.05, 0.1) is 7.11 Å². The maximum absolute atomic E-state index is 11.1. The number of carbonyl (C=O) groups is 1. The summed E-state index contributed by atoms with van der Waals surface area (Å²) in [5.74, 6) is -0.703. The van der Waals surface area contributed by atoms with Crippen molar-refractivity contribution in [2.24, 2.45) is 0 Å². The van der Waals surface area contributed by atoms with E-state index in [2.05, 4.69) is 4.74 Å². The summed E-state index contributed by atoms with van der Waals surface area (Å²) < 4.78 is 9.52. The number of methoxy groups -OCH3 is 2. The van der Waals surface area contributed by atoms with Crippen molar-refractivity contribution in [1.82, 2.24) is 0 Å². The summed E-state index contributed by atoms with van der Waals surface area (Å²) >= 11 is 0. The highest BCUT2D eigenvalue weighted by Crippen LogP contribution is 2.20. The molecule has 15 heavy (non-hydrogen) atoms. The summed E-state index contributed by atoms with van der Waals surface area (Å²) in [4.78, 5) is 11.1. The fourth-order valence-electron chi connectivity index (χ4n) is 1.33. The van der Waals surface area contributed by atoms with Crippen LogP contribution >= 0.6 is 0 Å². The lowest BCUT2D eigenvalue weighted by atomic mass is 10.0. The van der Waals surface area contributed by atoms with Crippen molar-refractivity contribution in [2.75, 3.05) is 14.2 Å². The molecule has 82 valence electrons. The van der Waals surface area contributed by atoms with E-state index in [4.69, 9.17) is 4.74 Å². The van der Waals surface area contributed by atoms with Crippen molar-refractivity contribution in [1.29, 1.82) is 0 Å². The molecule has 0 heterocycles. The minimum absolute atomic E-state index is 0.696. The van der Waals surface area contributed by atoms with E-state index in [0.717, 1.165) is 5.56 Å². The molecule has 1 N–H and O–H groups in total. The normalized spacial score (nSPS) is 14.3. The Bertz CT molecular complexity index is 310. The van der Waals surface area contributed by atoms with E-state index in [1.165, 1.54) is 14.2 Å². The quantitative estimate of drug-likeness (QED) is 0.750. The Hall–Kier alpha value is -1.39. The van der Waals surface area contributed by atoms with Gasteiger partial charge in [-0.3, -0.25) is 0 Å². The largest absolute Gasteiger partial charge is 0.467 e. The van der Waals surface area contributed by atoms with Crippen molar-refractivity contribution >= 4 is 5.97 Å². The summed E-state index contributed by atoms with van der Waals surface area (Å²) in [5.41, 5.74) is 0.734. The van der Waals surface area contributed by atoms with Crippen LogP contribution in [0.5, 0.6) is 0 Å². The molecule has 0 bridgehead atoms. The molecular weight excluding hydrogens is 196 g/mol. The minimum Gasteiger partial charge on any atom is -0.467 e. The Morgan fingerprint density at radius 3 is 2.33 bits per heavy atom. The van der Waals surface area contributed by atoms with Gasteiger partial charge in [0.1, 0.15) is 6.10 Å². The van der Waals surface area contributed by atoms with Crippen molar-refractivity contribution in [3.63, 3.8) is 0 Å². The van der Waals surface area contributed by atoms with E-state index in [1.54, 1.807) is 12.1 Å². The Balaban J connectivity index is 2.85. The van der Waals surface area contributed by atoms with Crippen LogP contribution in [0.1, 0.15) is 11.7 Å². The van der Waals surface area contributed by atoms with Gasteiger partial charge in [-0.1, -0.05) is 30.3 Å². The molecule has 0 saturated carbocycles. The second-order valence-electron chi connectivity index (χ2n) is 3.03. The predicted molar refractivity (Wildman–Crippen MR) is 54.2 cm³/mol. The van der Waals surface area contributed by atoms with Crippen LogP contribution in [-0.4, -0.2) is 31.4 Å². The molecule has 0 aliphatic heterocycles. The van der Waals surface area contributed by atoms with Gasteiger partial charge in [0.15, 0.2) is 6.10 Å². The van der Waals surface area contributed by atoms with Crippen LogP contribution in [0.3, 0.4) is 0 Å². The van der Waals surface area contributed by atoms with Gasteiger partial charge >= 0.3 is 5.97 Å². The van der Waals surface area contributed by atoms with Gasteiger partial charge in [0, 0.05) is 7.11 Å². The topological polar surface area (TPSA) is 55.8 Å². The Morgan fingerprint density at radius 1 is 1.27 bits per heavy atom. The van der Waals surface area contributed by atoms with Crippen LogP contribution in [0.4, 0.5) is 0 Å². The number of ether oxygens (including phenoxy) is 2. The van der Waals surface area contributed by atoms with Crippen LogP contribution < -0.4 is 0 Å². The third-order valence-electron chi connectivity index (χ3n) is 2.11. The zero-order chi connectivity index (χ0) is 11.3. The third kappa shape index (κ3) is 2.78. The van der Waals surface area contributed by atoms with E-state index in [9.17, 15) is 9.90 Å². The number of hydrogen-bond acceptors (Lipinski definition) is 4. The van der Waals surface area contributed by atoms with E-state index in [0.29, 0.717) is 0 Å². The number of benzene rings is 1. The third-order valence-corrected chi connectivity index (χ3v) is 2.11. The van der Waals surface area contributed by atoms with E-state index in [-0.39, 0.29) is 0 Å². The molecule has 0 aromatic heterocycles. The zero-order valence-electron chi connectivity index (χ0n) is 8.71. The van der Waals surface area contributed by atoms with Gasteiger partial charge < -0.3 is 14.6 Å². The molecule has 2 atom stereocenters. The maximum Gasteiger partial charge on any atom is 0.337 e. The molecule has 1 rings (SSSR count). The number of hydrogen-bond donors (Lipinski definition) is 1. The summed E-state index contributed by atoms with van der Waals surface area (Å²) in [7, 11) is 2.66. The standard InChI is InChI=1S/C11H14O4/c1-14-10(9(12)11(13)15-2)8-6-4-3-5-7-8/h3-7,9-10,12H,1-2H3. The molecule has 0 radical (unpaired) electrons. The van der Waals surface area contributed by atoms with Crippen LogP contribution in [0.15, 0.2) is 30.3 Å². The first-order valence-electron chi connectivity index (χ1n) is 4.54. The number of carbonyl (C=O) groups excluding carboxylic acids is 1. The van der Waals surface area contributed by atoms with E-state index < -0.39 is 18.2 Å². The molecule has 0 aliphatic rings. The molecule has 0 saturated heterocycles. The van der Waals surface area contributed by atoms with E-state index >= 15 is 0 Å². The summed E-state index contributed by atoms with van der Waals surface area (Å²) in [6.45, 7) is 0. The minimum atomic E-state index is -1.30. The molecule has 0 amide bonds. The number of aliphatic hydroxyl groups excluding tert-OH is 1. The van der Waals surface area contributed by atoms with Crippen molar-refractivity contribution < 1.29 is 19.4 Å². The number of rotatable bonds is 4. The Kier molecular flexibility index (Phi) is 4.27. The molecule has 0 fully saturated rings. The smallest absolute Gasteiger partial charge is 0.337 e. The lowest BCUT2D eigenvalue weighted by Crippen LogP contribution is -2.30. The molecule has 2 unspecified atom stereocenters. The molecule has 1 aromatic carbocycles. The molecule has 0 aliphatic carbocycles. The van der Waals surface area contributed by atoms with Crippen LogP contribution in [0.25, 0.3) is 0 Å². The molecule has 4 heteroatoms. The fourth-order valence-corrected chi connectivity index (χ4v) is 1.33. The average Bonchev–Trinajstić information content (AvgIpc) is 2.30. The second kappa shape index (κ2) is 5.48. The highest BCUT2D eigenvalue weighted by atomic mass is 16.5. The summed E-state index contributed by atoms with van der Waals surface area (Å²) in [6, 6.07) is 9.03. The van der Waals surface area contributed by atoms with E-state index in [1.807, 2.05) is 18.2 Å². The Morgan fingerprint density at radius 2 is 1.87 bits per heavy atom. The number of aliphatic hydroxyl groups is 1. The molecule has 0 spiro atoms.